The number of fused-ring (bicyclic) bond motifs is 2. The lowest BCUT2D eigenvalue weighted by molar-refractivity contribution is 0.461. The highest BCUT2D eigenvalue weighted by atomic mass is 16.3. The van der Waals surface area contributed by atoms with E-state index in [0.29, 0.717) is 33.9 Å². The second-order valence-corrected chi connectivity index (χ2v) is 7.07. The largest absolute Gasteiger partial charge is 0.463 e. The Bertz CT molecular complexity index is 1170. The van der Waals surface area contributed by atoms with Crippen LogP contribution in [0.15, 0.2) is 58.3 Å². The first-order chi connectivity index (χ1) is 13.3. The fraction of sp³-hybridized carbons (Fsp3) is 0.286. The van der Waals surface area contributed by atoms with Crippen molar-refractivity contribution in [3.8, 4) is 11.3 Å². The highest BCUT2D eigenvalue weighted by Crippen LogP contribution is 2.30. The highest BCUT2D eigenvalue weighted by Gasteiger charge is 2.22. The van der Waals surface area contributed by atoms with Gasteiger partial charge in [-0.05, 0) is 25.0 Å². The maximum Gasteiger partial charge on any atom is 0.202 e. The number of nitrogens with one attached hydrogen (secondary N) is 1. The van der Waals surface area contributed by atoms with E-state index in [9.17, 15) is 4.79 Å². The van der Waals surface area contributed by atoms with Crippen LogP contribution in [0, 0.1) is 0 Å². The smallest absolute Gasteiger partial charge is 0.202 e. The first kappa shape index (κ1) is 16.1. The van der Waals surface area contributed by atoms with Gasteiger partial charge in [-0.1, -0.05) is 31.4 Å². The first-order valence-corrected chi connectivity index (χ1v) is 9.41. The minimum Gasteiger partial charge on any atom is -0.463 e. The molecule has 1 saturated carbocycles. The third kappa shape index (κ3) is 2.77. The normalized spacial score (nSPS) is 15.4. The maximum absolute atomic E-state index is 13.1. The maximum atomic E-state index is 13.1. The van der Waals surface area contributed by atoms with Crippen LogP contribution in [0.3, 0.4) is 0 Å². The number of para-hydroxylation sites is 1. The molecule has 1 aliphatic rings. The van der Waals surface area contributed by atoms with Crippen LogP contribution in [0.1, 0.15) is 32.1 Å². The topological polar surface area (TPSA) is 72.4 Å². The number of hydrogen-bond donors (Lipinski definition) is 1. The van der Waals surface area contributed by atoms with Crippen molar-refractivity contribution in [3.63, 3.8) is 0 Å². The van der Waals surface area contributed by atoms with Gasteiger partial charge in [0.1, 0.15) is 23.4 Å². The van der Waals surface area contributed by atoms with Gasteiger partial charge in [0, 0.05) is 18.4 Å². The van der Waals surface area contributed by atoms with E-state index in [-0.39, 0.29) is 5.43 Å². The van der Waals surface area contributed by atoms with E-state index in [4.69, 9.17) is 9.40 Å². The van der Waals surface area contributed by atoms with Crippen LogP contribution in [0.2, 0.25) is 0 Å². The number of nitrogens with zero attached hydrogens (tertiary/aromatic N) is 3. The van der Waals surface area contributed by atoms with Crippen LogP contribution >= 0.6 is 0 Å². The molecule has 0 spiro atoms. The van der Waals surface area contributed by atoms with Crippen molar-refractivity contribution in [2.45, 2.75) is 38.1 Å². The highest BCUT2D eigenvalue weighted by molar-refractivity contribution is 5.84. The molecule has 0 saturated heterocycles. The van der Waals surface area contributed by atoms with E-state index in [1.54, 1.807) is 24.5 Å². The van der Waals surface area contributed by atoms with Crippen LogP contribution in [0.5, 0.6) is 0 Å². The fourth-order valence-electron chi connectivity index (χ4n) is 3.91. The fourth-order valence-corrected chi connectivity index (χ4v) is 3.91. The van der Waals surface area contributed by atoms with Gasteiger partial charge in [-0.3, -0.25) is 14.2 Å². The molecule has 0 atom stereocenters. The molecule has 3 heterocycles. The standard InChI is InChI=1S/C21H20N4O2/c26-20-15-8-4-5-9-17(15)27-13-16(20)19-21(23-14-6-2-1-3-7-14)25-11-10-22-12-18(25)24-19/h4-5,8-14,23H,1-3,6-7H2. The Kier molecular flexibility index (Phi) is 3.89. The summed E-state index contributed by atoms with van der Waals surface area (Å²) in [5, 5.41) is 4.20. The van der Waals surface area contributed by atoms with E-state index >= 15 is 0 Å². The number of benzene rings is 1. The molecule has 136 valence electrons. The molecule has 1 N–H and O–H groups in total. The summed E-state index contributed by atoms with van der Waals surface area (Å²) in [5.74, 6) is 0.835. The average molecular weight is 360 g/mol. The zero-order valence-corrected chi connectivity index (χ0v) is 14.9. The minimum absolute atomic E-state index is 0.0695. The molecule has 0 unspecified atom stereocenters. The van der Waals surface area contributed by atoms with E-state index in [2.05, 4.69) is 10.3 Å². The molecule has 6 nitrogen and oxygen atoms in total. The van der Waals surface area contributed by atoms with Gasteiger partial charge in [0.25, 0.3) is 0 Å². The van der Waals surface area contributed by atoms with Crippen molar-refractivity contribution in [1.82, 2.24) is 14.4 Å². The van der Waals surface area contributed by atoms with Gasteiger partial charge in [-0.2, -0.15) is 0 Å². The van der Waals surface area contributed by atoms with E-state index in [1.807, 2.05) is 22.7 Å². The second kappa shape index (κ2) is 6.54. The predicted molar refractivity (Wildman–Crippen MR) is 105 cm³/mol. The van der Waals surface area contributed by atoms with Gasteiger partial charge in [-0.15, -0.1) is 0 Å². The molecule has 0 radical (unpaired) electrons. The molecule has 0 amide bonds. The Hall–Kier alpha value is -3.15. The molecule has 1 fully saturated rings. The zero-order valence-electron chi connectivity index (χ0n) is 14.9. The van der Waals surface area contributed by atoms with E-state index < -0.39 is 0 Å². The molecular weight excluding hydrogens is 340 g/mol. The molecule has 27 heavy (non-hydrogen) atoms. The summed E-state index contributed by atoms with van der Waals surface area (Å²) in [5.41, 5.74) is 2.31. The molecule has 4 aromatic rings. The Morgan fingerprint density at radius 2 is 2.00 bits per heavy atom. The predicted octanol–water partition coefficient (Wildman–Crippen LogP) is 4.25. The summed E-state index contributed by atoms with van der Waals surface area (Å²) in [4.78, 5) is 22.0. The Balaban J connectivity index is 1.69. The molecule has 1 aromatic carbocycles. The number of anilines is 1. The summed E-state index contributed by atoms with van der Waals surface area (Å²) in [6, 6.07) is 7.68. The second-order valence-electron chi connectivity index (χ2n) is 7.07. The Morgan fingerprint density at radius 1 is 1.15 bits per heavy atom. The van der Waals surface area contributed by atoms with Gasteiger partial charge in [0.2, 0.25) is 5.43 Å². The van der Waals surface area contributed by atoms with Crippen LogP contribution in [-0.2, 0) is 0 Å². The summed E-state index contributed by atoms with van der Waals surface area (Å²) < 4.78 is 7.69. The molecular formula is C21H20N4O2. The number of imidazole rings is 1. The molecule has 0 bridgehead atoms. The lowest BCUT2D eigenvalue weighted by Crippen LogP contribution is -2.23. The van der Waals surface area contributed by atoms with Crippen LogP contribution < -0.4 is 10.7 Å². The number of hydrogen-bond acceptors (Lipinski definition) is 5. The number of rotatable bonds is 3. The van der Waals surface area contributed by atoms with Crippen molar-refractivity contribution in [1.29, 1.82) is 0 Å². The Morgan fingerprint density at radius 3 is 2.89 bits per heavy atom. The van der Waals surface area contributed by atoms with Gasteiger partial charge < -0.3 is 9.73 Å². The zero-order chi connectivity index (χ0) is 18.2. The van der Waals surface area contributed by atoms with Crippen molar-refractivity contribution in [2.24, 2.45) is 0 Å². The van der Waals surface area contributed by atoms with E-state index in [0.717, 1.165) is 18.7 Å². The van der Waals surface area contributed by atoms with Crippen LogP contribution in [-0.4, -0.2) is 20.4 Å². The molecule has 6 heteroatoms. The van der Waals surface area contributed by atoms with Crippen LogP contribution in [0.25, 0.3) is 27.9 Å². The van der Waals surface area contributed by atoms with Gasteiger partial charge in [-0.25, -0.2) is 4.98 Å². The quantitative estimate of drug-likeness (QED) is 0.591. The van der Waals surface area contributed by atoms with Crippen LogP contribution in [0.4, 0.5) is 5.82 Å². The van der Waals surface area contributed by atoms with E-state index in [1.165, 1.54) is 25.5 Å². The third-order valence-corrected chi connectivity index (χ3v) is 5.31. The molecule has 0 aliphatic heterocycles. The Labute approximate surface area is 155 Å². The molecule has 3 aromatic heterocycles. The summed E-state index contributed by atoms with van der Waals surface area (Å²) in [7, 11) is 0. The average Bonchev–Trinajstić information content (AvgIpc) is 3.08. The van der Waals surface area contributed by atoms with Crippen molar-refractivity contribution in [3.05, 3.63) is 59.3 Å². The first-order valence-electron chi connectivity index (χ1n) is 9.41. The van der Waals surface area contributed by atoms with Crippen molar-refractivity contribution in [2.75, 3.05) is 5.32 Å². The van der Waals surface area contributed by atoms with Crippen molar-refractivity contribution < 1.29 is 4.42 Å². The third-order valence-electron chi connectivity index (χ3n) is 5.31. The SMILES string of the molecule is O=c1c(-c2nc3cnccn3c2NC2CCCCC2)coc2ccccc12. The number of aromatic nitrogens is 3. The monoisotopic (exact) mass is 360 g/mol. The van der Waals surface area contributed by atoms with Gasteiger partial charge in [0.15, 0.2) is 5.65 Å². The van der Waals surface area contributed by atoms with Crippen molar-refractivity contribution >= 4 is 22.4 Å². The molecule has 5 rings (SSSR count). The molecule has 1 aliphatic carbocycles. The lowest BCUT2D eigenvalue weighted by atomic mass is 9.95. The summed E-state index contributed by atoms with van der Waals surface area (Å²) >= 11 is 0. The lowest BCUT2D eigenvalue weighted by Gasteiger charge is -2.24. The van der Waals surface area contributed by atoms with Gasteiger partial charge in [0.05, 0.1) is 17.1 Å². The minimum atomic E-state index is -0.0695. The summed E-state index contributed by atoms with van der Waals surface area (Å²) in [6.07, 6.45) is 12.8. The summed E-state index contributed by atoms with van der Waals surface area (Å²) in [6.45, 7) is 0. The van der Waals surface area contributed by atoms with Gasteiger partial charge >= 0.3 is 0 Å².